The van der Waals surface area contributed by atoms with E-state index >= 15 is 0 Å². The number of ether oxygens (including phenoxy) is 2. The van der Waals surface area contributed by atoms with Crippen LogP contribution in [-0.4, -0.2) is 25.4 Å². The molecule has 108 valence electrons. The minimum Gasteiger partial charge on any atom is -0.378 e. The van der Waals surface area contributed by atoms with Gasteiger partial charge in [-0.05, 0) is 51.4 Å². The van der Waals surface area contributed by atoms with E-state index in [9.17, 15) is 0 Å². The lowest BCUT2D eigenvalue weighted by atomic mass is 9.68. The summed E-state index contributed by atoms with van der Waals surface area (Å²) < 4.78 is 11.8. The Morgan fingerprint density at radius 1 is 0.778 bits per heavy atom. The molecule has 2 heteroatoms. The number of hydrogen-bond donors (Lipinski definition) is 0. The van der Waals surface area contributed by atoms with Crippen LogP contribution < -0.4 is 0 Å². The molecule has 0 N–H and O–H groups in total. The standard InChI is InChI=1S/C16H32O2/c1-11(2)17-9-15-13(5)7-8-14(6)16(15)10-18-12(3)4/h11-16H,7-10H2,1-6H3. The smallest absolute Gasteiger partial charge is 0.0519 e. The minimum absolute atomic E-state index is 0.334. The van der Waals surface area contributed by atoms with Gasteiger partial charge in [0, 0.05) is 0 Å². The van der Waals surface area contributed by atoms with Crippen molar-refractivity contribution in [1.82, 2.24) is 0 Å². The minimum atomic E-state index is 0.334. The molecule has 0 heterocycles. The molecule has 1 fully saturated rings. The van der Waals surface area contributed by atoms with E-state index in [4.69, 9.17) is 9.47 Å². The molecule has 4 unspecified atom stereocenters. The van der Waals surface area contributed by atoms with Crippen LogP contribution in [0.2, 0.25) is 0 Å². The maximum atomic E-state index is 5.88. The van der Waals surface area contributed by atoms with Gasteiger partial charge < -0.3 is 9.47 Å². The van der Waals surface area contributed by atoms with Crippen LogP contribution in [0.3, 0.4) is 0 Å². The van der Waals surface area contributed by atoms with Gasteiger partial charge >= 0.3 is 0 Å². The van der Waals surface area contributed by atoms with Gasteiger partial charge in [0.2, 0.25) is 0 Å². The van der Waals surface area contributed by atoms with Crippen molar-refractivity contribution in [3.63, 3.8) is 0 Å². The normalized spacial score (nSPS) is 33.3. The second-order valence-corrected chi connectivity index (χ2v) is 6.62. The van der Waals surface area contributed by atoms with E-state index in [1.54, 1.807) is 0 Å². The summed E-state index contributed by atoms with van der Waals surface area (Å²) in [5.41, 5.74) is 0. The highest BCUT2D eigenvalue weighted by atomic mass is 16.5. The molecule has 0 amide bonds. The quantitative estimate of drug-likeness (QED) is 0.711. The van der Waals surface area contributed by atoms with Crippen LogP contribution in [0, 0.1) is 23.7 Å². The average molecular weight is 256 g/mol. The molecule has 18 heavy (non-hydrogen) atoms. The second kappa shape index (κ2) is 7.49. The molecule has 0 bridgehead atoms. The van der Waals surface area contributed by atoms with E-state index in [2.05, 4.69) is 41.5 Å². The Morgan fingerprint density at radius 3 is 1.39 bits per heavy atom. The van der Waals surface area contributed by atoms with Crippen molar-refractivity contribution in [1.29, 1.82) is 0 Å². The van der Waals surface area contributed by atoms with E-state index in [1.165, 1.54) is 12.8 Å². The summed E-state index contributed by atoms with van der Waals surface area (Å²) in [5, 5.41) is 0. The maximum absolute atomic E-state index is 5.88. The molecule has 1 aliphatic carbocycles. The zero-order chi connectivity index (χ0) is 13.7. The molecule has 0 aromatic carbocycles. The molecule has 0 saturated heterocycles. The molecule has 0 aliphatic heterocycles. The first-order valence-corrected chi connectivity index (χ1v) is 7.65. The first-order chi connectivity index (χ1) is 8.41. The third-order valence-corrected chi connectivity index (χ3v) is 4.33. The third-order valence-electron chi connectivity index (χ3n) is 4.33. The first kappa shape index (κ1) is 16.0. The van der Waals surface area contributed by atoms with Crippen LogP contribution in [0.1, 0.15) is 54.4 Å². The van der Waals surface area contributed by atoms with Gasteiger partial charge in [0.15, 0.2) is 0 Å². The van der Waals surface area contributed by atoms with E-state index in [0.717, 1.165) is 25.0 Å². The molecular formula is C16H32O2. The Hall–Kier alpha value is -0.0800. The Labute approximate surface area is 113 Å². The van der Waals surface area contributed by atoms with Crippen LogP contribution in [-0.2, 0) is 9.47 Å². The molecule has 4 atom stereocenters. The molecule has 0 aromatic rings. The topological polar surface area (TPSA) is 18.5 Å². The van der Waals surface area contributed by atoms with E-state index in [0.29, 0.717) is 24.0 Å². The Balaban J connectivity index is 2.58. The van der Waals surface area contributed by atoms with Crippen LogP contribution in [0.15, 0.2) is 0 Å². The van der Waals surface area contributed by atoms with Gasteiger partial charge in [-0.15, -0.1) is 0 Å². The van der Waals surface area contributed by atoms with Gasteiger partial charge in [-0.25, -0.2) is 0 Å². The van der Waals surface area contributed by atoms with E-state index in [1.807, 2.05) is 0 Å². The van der Waals surface area contributed by atoms with Crippen molar-refractivity contribution in [2.24, 2.45) is 23.7 Å². The average Bonchev–Trinajstić information content (AvgIpc) is 2.28. The third kappa shape index (κ3) is 4.89. The number of rotatable bonds is 6. The summed E-state index contributed by atoms with van der Waals surface area (Å²) in [6.07, 6.45) is 3.35. The fourth-order valence-corrected chi connectivity index (χ4v) is 2.98. The molecule has 0 spiro atoms. The van der Waals surface area contributed by atoms with Gasteiger partial charge in [0.05, 0.1) is 25.4 Å². The summed E-state index contributed by atoms with van der Waals surface area (Å²) in [6.45, 7) is 15.0. The number of hydrogen-bond acceptors (Lipinski definition) is 2. The Morgan fingerprint density at radius 2 is 1.11 bits per heavy atom. The van der Waals surface area contributed by atoms with E-state index < -0.39 is 0 Å². The summed E-state index contributed by atoms with van der Waals surface area (Å²) in [6, 6.07) is 0. The van der Waals surface area contributed by atoms with Crippen molar-refractivity contribution < 1.29 is 9.47 Å². The maximum Gasteiger partial charge on any atom is 0.0519 e. The van der Waals surface area contributed by atoms with Crippen molar-refractivity contribution in [2.45, 2.75) is 66.6 Å². The lowest BCUT2D eigenvalue weighted by Gasteiger charge is -2.41. The highest BCUT2D eigenvalue weighted by Gasteiger charge is 2.35. The molecule has 2 nitrogen and oxygen atoms in total. The van der Waals surface area contributed by atoms with Crippen molar-refractivity contribution in [3.8, 4) is 0 Å². The van der Waals surface area contributed by atoms with Gasteiger partial charge in [-0.1, -0.05) is 26.7 Å². The largest absolute Gasteiger partial charge is 0.378 e. The second-order valence-electron chi connectivity index (χ2n) is 6.62. The summed E-state index contributed by atoms with van der Waals surface area (Å²) >= 11 is 0. The Kier molecular flexibility index (Phi) is 6.65. The zero-order valence-corrected chi connectivity index (χ0v) is 13.1. The fraction of sp³-hybridized carbons (Fsp3) is 1.00. The summed E-state index contributed by atoms with van der Waals surface area (Å²) in [5.74, 6) is 2.85. The van der Waals surface area contributed by atoms with Crippen molar-refractivity contribution >= 4 is 0 Å². The van der Waals surface area contributed by atoms with Crippen LogP contribution >= 0.6 is 0 Å². The molecular weight excluding hydrogens is 224 g/mol. The van der Waals surface area contributed by atoms with Crippen molar-refractivity contribution in [2.75, 3.05) is 13.2 Å². The molecule has 1 rings (SSSR count). The molecule has 1 saturated carbocycles. The van der Waals surface area contributed by atoms with Crippen LogP contribution in [0.4, 0.5) is 0 Å². The molecule has 0 radical (unpaired) electrons. The highest BCUT2D eigenvalue weighted by molar-refractivity contribution is 4.84. The van der Waals surface area contributed by atoms with Gasteiger partial charge in [0.25, 0.3) is 0 Å². The summed E-state index contributed by atoms with van der Waals surface area (Å²) in [7, 11) is 0. The van der Waals surface area contributed by atoms with Crippen LogP contribution in [0.5, 0.6) is 0 Å². The SMILES string of the molecule is CC(C)OCC1C(C)CCC(C)C1COC(C)C. The monoisotopic (exact) mass is 256 g/mol. The molecule has 0 aromatic heterocycles. The van der Waals surface area contributed by atoms with Crippen molar-refractivity contribution in [3.05, 3.63) is 0 Å². The van der Waals surface area contributed by atoms with Gasteiger partial charge in [-0.2, -0.15) is 0 Å². The first-order valence-electron chi connectivity index (χ1n) is 7.65. The van der Waals surface area contributed by atoms with Gasteiger partial charge in [0.1, 0.15) is 0 Å². The predicted molar refractivity (Wildman–Crippen MR) is 76.7 cm³/mol. The molecule has 1 aliphatic rings. The lowest BCUT2D eigenvalue weighted by molar-refractivity contribution is -0.0540. The lowest BCUT2D eigenvalue weighted by Crippen LogP contribution is -2.39. The fourth-order valence-electron chi connectivity index (χ4n) is 2.98. The predicted octanol–water partition coefficient (Wildman–Crippen LogP) is 4.13. The van der Waals surface area contributed by atoms with Gasteiger partial charge in [-0.3, -0.25) is 0 Å². The zero-order valence-electron chi connectivity index (χ0n) is 13.1. The van der Waals surface area contributed by atoms with Crippen LogP contribution in [0.25, 0.3) is 0 Å². The highest BCUT2D eigenvalue weighted by Crippen LogP contribution is 2.39. The Bertz CT molecular complexity index is 201. The van der Waals surface area contributed by atoms with E-state index in [-0.39, 0.29) is 0 Å². The summed E-state index contributed by atoms with van der Waals surface area (Å²) in [4.78, 5) is 0.